The number of aromatic carboxylic acids is 1. The van der Waals surface area contributed by atoms with Gasteiger partial charge in [-0.2, -0.15) is 0 Å². The van der Waals surface area contributed by atoms with Crippen LogP contribution in [0.5, 0.6) is 0 Å². The van der Waals surface area contributed by atoms with Gasteiger partial charge in [-0.05, 0) is 30.5 Å². The average Bonchev–Trinajstić information content (AvgIpc) is 2.15. The Hall–Kier alpha value is -1.71. The number of rotatable bonds is 3. The van der Waals surface area contributed by atoms with Crippen LogP contribution in [-0.2, 0) is 0 Å². The number of benzene rings is 1. The van der Waals surface area contributed by atoms with Crippen LogP contribution in [0.2, 0.25) is 0 Å². The highest BCUT2D eigenvalue weighted by Crippen LogP contribution is 2.08. The lowest BCUT2D eigenvalue weighted by Gasteiger charge is -2.00. The fourth-order valence-corrected chi connectivity index (χ4v) is 0.853. The van der Waals surface area contributed by atoms with E-state index in [0.29, 0.717) is 0 Å². The van der Waals surface area contributed by atoms with Crippen LogP contribution in [0.4, 0.5) is 5.69 Å². The minimum atomic E-state index is -0.930. The zero-order valence-electron chi connectivity index (χ0n) is 6.90. The Morgan fingerprint density at radius 2 is 2.00 bits per heavy atom. The Kier molecular flexibility index (Phi) is 3.14. The molecule has 0 unspecified atom stereocenters. The van der Waals surface area contributed by atoms with Crippen LogP contribution in [0.1, 0.15) is 10.4 Å². The van der Waals surface area contributed by atoms with Gasteiger partial charge in [-0.15, -0.1) is 5.98 Å². The van der Waals surface area contributed by atoms with Crippen LogP contribution < -0.4 is 5.32 Å². The number of anilines is 1. The molecule has 0 fully saturated rings. The first-order chi connectivity index (χ1) is 6.24. The molecule has 0 aromatic heterocycles. The third-order valence-electron chi connectivity index (χ3n) is 1.48. The minimum absolute atomic E-state index is 0.266. The molecular formula is C9H8BNO2. The molecule has 64 valence electrons. The van der Waals surface area contributed by atoms with E-state index in [9.17, 15) is 4.79 Å². The lowest BCUT2D eigenvalue weighted by Crippen LogP contribution is -1.95. The molecule has 0 saturated carbocycles. The second-order valence-electron chi connectivity index (χ2n) is 2.39. The van der Waals surface area contributed by atoms with Gasteiger partial charge in [0.25, 0.3) is 0 Å². The summed E-state index contributed by atoms with van der Waals surface area (Å²) in [4.78, 5) is 10.5. The highest BCUT2D eigenvalue weighted by atomic mass is 16.4. The van der Waals surface area contributed by atoms with Gasteiger partial charge >= 0.3 is 5.97 Å². The summed E-state index contributed by atoms with van der Waals surface area (Å²) in [7, 11) is 5.12. The van der Waals surface area contributed by atoms with Crippen LogP contribution in [0, 0.1) is 0 Å². The third kappa shape index (κ3) is 2.67. The maximum Gasteiger partial charge on any atom is 0.335 e. The van der Waals surface area contributed by atoms with Gasteiger partial charge in [0.1, 0.15) is 7.85 Å². The van der Waals surface area contributed by atoms with Gasteiger partial charge in [-0.3, -0.25) is 0 Å². The van der Waals surface area contributed by atoms with E-state index in [4.69, 9.17) is 13.0 Å². The second kappa shape index (κ2) is 4.35. The molecule has 1 aromatic carbocycles. The van der Waals surface area contributed by atoms with Crippen molar-refractivity contribution in [1.82, 2.24) is 0 Å². The van der Waals surface area contributed by atoms with Gasteiger partial charge in [-0.1, -0.05) is 0 Å². The Morgan fingerprint density at radius 1 is 1.38 bits per heavy atom. The maximum absolute atomic E-state index is 10.5. The number of carbonyl (C=O) groups is 1. The summed E-state index contributed by atoms with van der Waals surface area (Å²) in [5, 5.41) is 11.5. The quantitative estimate of drug-likeness (QED) is 0.679. The van der Waals surface area contributed by atoms with Crippen molar-refractivity contribution in [1.29, 1.82) is 0 Å². The molecule has 0 aliphatic heterocycles. The molecule has 0 aliphatic carbocycles. The topological polar surface area (TPSA) is 49.3 Å². The molecule has 4 heteroatoms. The van der Waals surface area contributed by atoms with Crippen molar-refractivity contribution in [3.8, 4) is 0 Å². The molecule has 0 spiro atoms. The summed E-state index contributed by atoms with van der Waals surface area (Å²) in [5.41, 5.74) is 1.06. The summed E-state index contributed by atoms with van der Waals surface area (Å²) in [6.07, 6.45) is 1.57. The Balaban J connectivity index is 2.75. The molecule has 0 aliphatic rings. The molecule has 13 heavy (non-hydrogen) atoms. The normalized spacial score (nSPS) is 10.2. The lowest BCUT2D eigenvalue weighted by atomic mass is 10.1. The molecule has 2 N–H and O–H groups in total. The zero-order chi connectivity index (χ0) is 9.68. The Bertz CT molecular complexity index is 319. The fraction of sp³-hybridized carbons (Fsp3) is 0. The van der Waals surface area contributed by atoms with Crippen LogP contribution in [0.3, 0.4) is 0 Å². The number of hydrogen-bond acceptors (Lipinski definition) is 2. The van der Waals surface area contributed by atoms with Crippen molar-refractivity contribution >= 4 is 19.5 Å². The van der Waals surface area contributed by atoms with Crippen molar-refractivity contribution in [3.05, 3.63) is 42.0 Å². The van der Waals surface area contributed by atoms with Gasteiger partial charge in [-0.25, -0.2) is 4.79 Å². The SMILES string of the molecule is [B]/C=C\Nc1ccc(C(=O)O)cc1. The van der Waals surface area contributed by atoms with Crippen molar-refractivity contribution in [2.24, 2.45) is 0 Å². The monoisotopic (exact) mass is 173 g/mol. The Labute approximate surface area is 77.5 Å². The van der Waals surface area contributed by atoms with Crippen LogP contribution >= 0.6 is 0 Å². The van der Waals surface area contributed by atoms with Gasteiger partial charge in [0.15, 0.2) is 0 Å². The van der Waals surface area contributed by atoms with E-state index >= 15 is 0 Å². The predicted octanol–water partition coefficient (Wildman–Crippen LogP) is 1.44. The highest BCUT2D eigenvalue weighted by Gasteiger charge is 1.99. The van der Waals surface area contributed by atoms with Crippen molar-refractivity contribution < 1.29 is 9.90 Å². The largest absolute Gasteiger partial charge is 0.478 e. The number of carboxylic acid groups (broad SMARTS) is 1. The van der Waals surface area contributed by atoms with Gasteiger partial charge in [0.2, 0.25) is 0 Å². The first-order valence-electron chi connectivity index (χ1n) is 3.70. The molecule has 0 amide bonds. The van der Waals surface area contributed by atoms with Crippen molar-refractivity contribution in [2.75, 3.05) is 5.32 Å². The van der Waals surface area contributed by atoms with Crippen LogP contribution in [-0.4, -0.2) is 18.9 Å². The highest BCUT2D eigenvalue weighted by molar-refractivity contribution is 6.17. The third-order valence-corrected chi connectivity index (χ3v) is 1.48. The molecule has 1 rings (SSSR count). The average molecular weight is 173 g/mol. The molecule has 3 nitrogen and oxygen atoms in total. The van der Waals surface area contributed by atoms with E-state index in [1.165, 1.54) is 18.1 Å². The molecule has 0 heterocycles. The molecule has 0 saturated heterocycles. The second-order valence-corrected chi connectivity index (χ2v) is 2.39. The fourth-order valence-electron chi connectivity index (χ4n) is 0.853. The smallest absolute Gasteiger partial charge is 0.335 e. The van der Waals surface area contributed by atoms with Gasteiger partial charge in [0, 0.05) is 5.69 Å². The van der Waals surface area contributed by atoms with E-state index in [-0.39, 0.29) is 5.56 Å². The first-order valence-corrected chi connectivity index (χ1v) is 3.70. The summed E-state index contributed by atoms with van der Waals surface area (Å²) in [6, 6.07) is 6.39. The summed E-state index contributed by atoms with van der Waals surface area (Å²) in [6.45, 7) is 0. The van der Waals surface area contributed by atoms with E-state index in [1.807, 2.05) is 0 Å². The molecule has 1 aromatic rings. The molecule has 2 radical (unpaired) electrons. The zero-order valence-corrected chi connectivity index (χ0v) is 6.90. The van der Waals surface area contributed by atoms with Crippen LogP contribution in [0.25, 0.3) is 0 Å². The molecule has 0 atom stereocenters. The van der Waals surface area contributed by atoms with Crippen molar-refractivity contribution in [2.45, 2.75) is 0 Å². The molecule has 0 bridgehead atoms. The van der Waals surface area contributed by atoms with Crippen LogP contribution in [0.15, 0.2) is 36.4 Å². The van der Waals surface area contributed by atoms with Gasteiger partial charge in [0.05, 0.1) is 5.56 Å². The summed E-state index contributed by atoms with van der Waals surface area (Å²) < 4.78 is 0. The molecular weight excluding hydrogens is 165 g/mol. The Morgan fingerprint density at radius 3 is 2.46 bits per heavy atom. The predicted molar refractivity (Wildman–Crippen MR) is 51.9 cm³/mol. The first kappa shape index (κ1) is 9.38. The maximum atomic E-state index is 10.5. The van der Waals surface area contributed by atoms with Crippen molar-refractivity contribution in [3.63, 3.8) is 0 Å². The minimum Gasteiger partial charge on any atom is -0.478 e. The van der Waals surface area contributed by atoms with E-state index in [1.54, 1.807) is 18.3 Å². The number of carboxylic acids is 1. The number of nitrogens with one attached hydrogen (secondary N) is 1. The summed E-state index contributed by atoms with van der Waals surface area (Å²) >= 11 is 0. The van der Waals surface area contributed by atoms with Gasteiger partial charge < -0.3 is 10.4 Å². The standard InChI is InChI=1S/C9H8BNO2/c10-5-6-11-8-3-1-7(2-4-8)9(12)13/h1-6,11H,(H,12,13)/b6-5-. The van der Waals surface area contributed by atoms with E-state index < -0.39 is 5.97 Å². The number of hydrogen-bond donors (Lipinski definition) is 2. The van der Waals surface area contributed by atoms with E-state index in [2.05, 4.69) is 5.32 Å². The summed E-state index contributed by atoms with van der Waals surface area (Å²) in [5.74, 6) is 0.436. The van der Waals surface area contributed by atoms with E-state index in [0.717, 1.165) is 5.69 Å². The lowest BCUT2D eigenvalue weighted by molar-refractivity contribution is 0.0697.